The summed E-state index contributed by atoms with van der Waals surface area (Å²) in [6, 6.07) is 4.89. The van der Waals surface area contributed by atoms with Gasteiger partial charge >= 0.3 is 0 Å². The third kappa shape index (κ3) is 2.30. The molecule has 0 spiro atoms. The molecule has 0 unspecified atom stereocenters. The van der Waals surface area contributed by atoms with E-state index < -0.39 is 10.1 Å². The van der Waals surface area contributed by atoms with Crippen LogP contribution in [0.15, 0.2) is 23.1 Å². The average molecular weight is 409 g/mol. The monoisotopic (exact) mass is 409 g/mol. The highest BCUT2D eigenvalue weighted by Crippen LogP contribution is 2.23. The van der Waals surface area contributed by atoms with Gasteiger partial charge in [-0.25, -0.2) is 8.42 Å². The van der Waals surface area contributed by atoms with Gasteiger partial charge in [-0.1, -0.05) is 6.07 Å². The molecule has 1 aromatic rings. The summed E-state index contributed by atoms with van der Waals surface area (Å²) >= 11 is 3.65. The third-order valence-corrected chi connectivity index (χ3v) is 4.64. The predicted octanol–water partition coefficient (Wildman–Crippen LogP) is 1.80. The lowest BCUT2D eigenvalue weighted by molar-refractivity contribution is 0.462. The van der Waals surface area contributed by atoms with Crippen molar-refractivity contribution in [1.29, 1.82) is 0 Å². The maximum atomic E-state index is 10.7. The van der Waals surface area contributed by atoms with Gasteiger partial charge in [0.15, 0.2) is 0 Å². The van der Waals surface area contributed by atoms with Gasteiger partial charge in [0.1, 0.15) is 10.1 Å². The van der Waals surface area contributed by atoms with Crippen LogP contribution in [0, 0.1) is 7.14 Å². The summed E-state index contributed by atoms with van der Waals surface area (Å²) in [4.78, 5) is -0.119. The lowest BCUT2D eigenvalue weighted by Gasteiger charge is -2.10. The third-order valence-electron chi connectivity index (χ3n) is 1.17. The Hall–Kier alpha value is 0.590. The maximum absolute atomic E-state index is 10.7. The van der Waals surface area contributed by atoms with Crippen molar-refractivity contribution < 1.29 is 13.0 Å². The van der Waals surface area contributed by atoms with Gasteiger partial charge < -0.3 is 4.55 Å². The molecule has 0 fully saturated rings. The summed E-state index contributed by atoms with van der Waals surface area (Å²) in [7, 11) is -4.33. The van der Waals surface area contributed by atoms with Gasteiger partial charge in [0.25, 0.3) is 0 Å². The second kappa shape index (κ2) is 3.76. The Labute approximate surface area is 97.6 Å². The molecule has 0 saturated carbocycles. The Kier molecular flexibility index (Phi) is 3.34. The van der Waals surface area contributed by atoms with Crippen LogP contribution in [-0.2, 0) is 10.1 Å². The zero-order chi connectivity index (χ0) is 9.35. The first kappa shape index (κ1) is 10.7. The van der Waals surface area contributed by atoms with E-state index >= 15 is 0 Å². The molecular weight excluding hydrogens is 406 g/mol. The lowest BCUT2D eigenvalue weighted by Crippen LogP contribution is -2.03. The van der Waals surface area contributed by atoms with Crippen LogP contribution >= 0.6 is 45.2 Å². The Balaban J connectivity index is 3.53. The van der Waals surface area contributed by atoms with Crippen LogP contribution in [0.4, 0.5) is 0 Å². The van der Waals surface area contributed by atoms with Gasteiger partial charge in [0.2, 0.25) is 0 Å². The first-order chi connectivity index (χ1) is 5.43. The minimum Gasteiger partial charge on any atom is -0.744 e. The van der Waals surface area contributed by atoms with E-state index in [1.807, 2.05) is 45.2 Å². The minimum absolute atomic E-state index is 0.119. The summed E-state index contributed by atoms with van der Waals surface area (Å²) in [6.07, 6.45) is 0. The zero-order valence-electron chi connectivity index (χ0n) is 5.62. The van der Waals surface area contributed by atoms with Crippen LogP contribution in [0.3, 0.4) is 0 Å². The largest absolute Gasteiger partial charge is 0.744 e. The van der Waals surface area contributed by atoms with Crippen LogP contribution in [0.5, 0.6) is 0 Å². The normalized spacial score (nSPS) is 11.6. The Morgan fingerprint density at radius 1 is 1.17 bits per heavy atom. The maximum Gasteiger partial charge on any atom is 0.126 e. The predicted molar refractivity (Wildman–Crippen MR) is 59.8 cm³/mol. The number of halogens is 2. The molecule has 0 bridgehead atoms. The fraction of sp³-hybridized carbons (Fsp3) is 0. The van der Waals surface area contributed by atoms with Crippen LogP contribution < -0.4 is 0 Å². The molecule has 3 nitrogen and oxygen atoms in total. The average Bonchev–Trinajstić information content (AvgIpc) is 1.82. The highest BCUT2D eigenvalue weighted by Gasteiger charge is 2.10. The first-order valence-electron chi connectivity index (χ1n) is 2.83. The second-order valence-corrected chi connectivity index (χ2v) is 5.65. The van der Waals surface area contributed by atoms with Crippen molar-refractivity contribution in [2.75, 3.05) is 0 Å². The van der Waals surface area contributed by atoms with Gasteiger partial charge in [0, 0.05) is 7.14 Å². The lowest BCUT2D eigenvalue weighted by atomic mass is 10.4. The smallest absolute Gasteiger partial charge is 0.126 e. The molecule has 0 aromatic heterocycles. The van der Waals surface area contributed by atoms with Crippen LogP contribution in [0.2, 0.25) is 0 Å². The van der Waals surface area contributed by atoms with Gasteiger partial charge in [-0.3, -0.25) is 0 Å². The molecule has 12 heavy (non-hydrogen) atoms. The molecule has 1 aromatic carbocycles. The molecule has 0 aliphatic carbocycles. The number of benzene rings is 1. The van der Waals surface area contributed by atoms with Crippen molar-refractivity contribution >= 4 is 55.3 Å². The van der Waals surface area contributed by atoms with E-state index in [1.165, 1.54) is 0 Å². The molecule has 0 heterocycles. The van der Waals surface area contributed by atoms with Gasteiger partial charge in [0.05, 0.1) is 4.90 Å². The van der Waals surface area contributed by atoms with Crippen molar-refractivity contribution in [3.8, 4) is 0 Å². The molecule has 0 aliphatic heterocycles. The summed E-state index contributed by atoms with van der Waals surface area (Å²) < 4.78 is 33.1. The van der Waals surface area contributed by atoms with Gasteiger partial charge in [-0.15, -0.1) is 0 Å². The van der Waals surface area contributed by atoms with Crippen molar-refractivity contribution in [2.45, 2.75) is 4.90 Å². The topological polar surface area (TPSA) is 57.2 Å². The van der Waals surface area contributed by atoms with Gasteiger partial charge in [-0.2, -0.15) is 0 Å². The van der Waals surface area contributed by atoms with Crippen molar-refractivity contribution in [3.05, 3.63) is 25.3 Å². The minimum atomic E-state index is -4.33. The van der Waals surface area contributed by atoms with Gasteiger partial charge in [-0.05, 0) is 57.3 Å². The Bertz CT molecular complexity index is 379. The number of hydrogen-bond acceptors (Lipinski definition) is 3. The summed E-state index contributed by atoms with van der Waals surface area (Å²) in [5.41, 5.74) is 0. The molecule has 0 saturated heterocycles. The van der Waals surface area contributed by atoms with E-state index in [2.05, 4.69) is 0 Å². The molecule has 0 radical (unpaired) electrons. The summed E-state index contributed by atoms with van der Waals surface area (Å²) in [6.45, 7) is 0. The Morgan fingerprint density at radius 2 is 1.58 bits per heavy atom. The van der Waals surface area contributed by atoms with Crippen LogP contribution in [0.25, 0.3) is 0 Å². The molecule has 6 heteroatoms. The number of rotatable bonds is 1. The quantitative estimate of drug-likeness (QED) is 0.526. The van der Waals surface area contributed by atoms with E-state index in [9.17, 15) is 13.0 Å². The van der Waals surface area contributed by atoms with Crippen molar-refractivity contribution in [2.24, 2.45) is 0 Å². The van der Waals surface area contributed by atoms with Crippen molar-refractivity contribution in [3.63, 3.8) is 0 Å². The fourth-order valence-corrected chi connectivity index (χ4v) is 4.47. The van der Waals surface area contributed by atoms with E-state index in [0.29, 0.717) is 7.14 Å². The highest BCUT2D eigenvalue weighted by molar-refractivity contribution is 14.1. The van der Waals surface area contributed by atoms with E-state index in [-0.39, 0.29) is 4.90 Å². The van der Waals surface area contributed by atoms with Crippen molar-refractivity contribution in [1.82, 2.24) is 0 Å². The van der Waals surface area contributed by atoms with Crippen LogP contribution in [0.1, 0.15) is 0 Å². The second-order valence-electron chi connectivity index (χ2n) is 2.00. The first-order valence-corrected chi connectivity index (χ1v) is 6.39. The molecule has 66 valence electrons. The SMILES string of the molecule is O=S(=O)([O-])c1c(I)cccc1I. The highest BCUT2D eigenvalue weighted by atomic mass is 127. The van der Waals surface area contributed by atoms with Crippen LogP contribution in [-0.4, -0.2) is 13.0 Å². The molecule has 1 rings (SSSR count). The van der Waals surface area contributed by atoms with E-state index in [0.717, 1.165) is 0 Å². The molecule has 0 N–H and O–H groups in total. The molecule has 0 amide bonds. The van der Waals surface area contributed by atoms with E-state index in [1.54, 1.807) is 18.2 Å². The number of hydrogen-bond donors (Lipinski definition) is 0. The Morgan fingerprint density at radius 3 is 1.83 bits per heavy atom. The molecular formula is C6H3I2O3S-. The summed E-state index contributed by atoms with van der Waals surface area (Å²) in [5, 5.41) is 0. The molecule has 0 aliphatic rings. The van der Waals surface area contributed by atoms with E-state index in [4.69, 9.17) is 0 Å². The molecule has 0 atom stereocenters. The standard InChI is InChI=1S/C6H4I2O3S/c7-4-2-1-3-5(8)6(4)12(9,10)11/h1-3H,(H,9,10,11)/p-1. The zero-order valence-corrected chi connectivity index (χ0v) is 10.8. The fourth-order valence-electron chi connectivity index (χ4n) is 0.721. The summed E-state index contributed by atoms with van der Waals surface area (Å²) in [5.74, 6) is 0.